The first-order valence-electron chi connectivity index (χ1n) is 9.70. The topological polar surface area (TPSA) is 73.4 Å². The van der Waals surface area contributed by atoms with Crippen LogP contribution in [-0.4, -0.2) is 45.5 Å². The average molecular weight is 435 g/mol. The van der Waals surface area contributed by atoms with Gasteiger partial charge in [0.25, 0.3) is 0 Å². The number of hydrogen-bond acceptors (Lipinski definition) is 6. The monoisotopic (exact) mass is 434 g/mol. The maximum Gasteiger partial charge on any atom is 0.233 e. The molecule has 8 heteroatoms. The molecular formula is C23H22N4O3S. The lowest BCUT2D eigenvalue weighted by molar-refractivity contribution is -0.127. The molecule has 0 radical (unpaired) electrons. The quantitative estimate of drug-likeness (QED) is 0.385. The Bertz CT molecular complexity index is 1130. The highest BCUT2D eigenvalue weighted by Gasteiger charge is 2.19. The number of carbonyl (C=O) groups excluding carboxylic acids is 1. The maximum absolute atomic E-state index is 12.6. The molecule has 0 saturated heterocycles. The predicted octanol–water partition coefficient (Wildman–Crippen LogP) is 4.29. The molecule has 0 fully saturated rings. The average Bonchev–Trinajstić information content (AvgIpc) is 3.48. The van der Waals surface area contributed by atoms with E-state index in [1.807, 2.05) is 71.3 Å². The molecule has 0 aliphatic rings. The molecule has 0 unspecified atom stereocenters. The highest BCUT2D eigenvalue weighted by molar-refractivity contribution is 7.99. The van der Waals surface area contributed by atoms with Gasteiger partial charge in [0, 0.05) is 18.3 Å². The summed E-state index contributed by atoms with van der Waals surface area (Å²) >= 11 is 1.35. The smallest absolute Gasteiger partial charge is 0.233 e. The standard InChI is InChI=1S/C23H22N4O3S/c1-26(15-20-9-6-14-30-20)21(28)16-31-23-25-24-22(17-7-4-3-5-8-17)27(23)18-10-12-19(29-2)13-11-18/h3-14H,15-16H2,1-2H3. The molecule has 2 heterocycles. The second-order valence-electron chi connectivity index (χ2n) is 6.82. The molecule has 0 N–H and O–H groups in total. The Morgan fingerprint density at radius 3 is 2.52 bits per heavy atom. The Hall–Kier alpha value is -3.52. The van der Waals surface area contributed by atoms with Crippen molar-refractivity contribution in [1.29, 1.82) is 0 Å². The molecule has 0 aliphatic carbocycles. The number of carbonyl (C=O) groups is 1. The maximum atomic E-state index is 12.6. The molecule has 158 valence electrons. The van der Waals surface area contributed by atoms with Gasteiger partial charge in [-0.15, -0.1) is 10.2 Å². The van der Waals surface area contributed by atoms with Gasteiger partial charge in [-0.2, -0.15) is 0 Å². The fourth-order valence-corrected chi connectivity index (χ4v) is 3.96. The van der Waals surface area contributed by atoms with Gasteiger partial charge in [-0.25, -0.2) is 0 Å². The Kier molecular flexibility index (Phi) is 6.37. The molecule has 31 heavy (non-hydrogen) atoms. The van der Waals surface area contributed by atoms with Gasteiger partial charge < -0.3 is 14.1 Å². The first kappa shape index (κ1) is 20.7. The largest absolute Gasteiger partial charge is 0.497 e. The van der Waals surface area contributed by atoms with Gasteiger partial charge in [-0.1, -0.05) is 42.1 Å². The summed E-state index contributed by atoms with van der Waals surface area (Å²) in [5.41, 5.74) is 1.84. The number of rotatable bonds is 8. The molecule has 1 amide bonds. The first-order valence-corrected chi connectivity index (χ1v) is 10.7. The fourth-order valence-electron chi connectivity index (χ4n) is 3.06. The van der Waals surface area contributed by atoms with Gasteiger partial charge in [0.05, 0.1) is 25.7 Å². The van der Waals surface area contributed by atoms with Crippen LogP contribution in [0.1, 0.15) is 5.76 Å². The van der Waals surface area contributed by atoms with Gasteiger partial charge in [-0.05, 0) is 36.4 Å². The van der Waals surface area contributed by atoms with Crippen LogP contribution in [0.4, 0.5) is 0 Å². The zero-order valence-electron chi connectivity index (χ0n) is 17.3. The van der Waals surface area contributed by atoms with E-state index in [4.69, 9.17) is 9.15 Å². The Morgan fingerprint density at radius 2 is 1.84 bits per heavy atom. The van der Waals surface area contributed by atoms with Crippen LogP contribution in [0, 0.1) is 0 Å². The summed E-state index contributed by atoms with van der Waals surface area (Å²) in [5, 5.41) is 9.43. The molecular weight excluding hydrogens is 412 g/mol. The van der Waals surface area contributed by atoms with Gasteiger partial charge >= 0.3 is 0 Å². The Balaban J connectivity index is 1.58. The molecule has 0 atom stereocenters. The molecule has 0 aliphatic heterocycles. The number of furan rings is 1. The van der Waals surface area contributed by atoms with Crippen LogP contribution in [0.2, 0.25) is 0 Å². The van der Waals surface area contributed by atoms with Crippen LogP contribution in [0.15, 0.2) is 82.6 Å². The summed E-state index contributed by atoms with van der Waals surface area (Å²) in [6.45, 7) is 0.423. The van der Waals surface area contributed by atoms with Crippen molar-refractivity contribution in [2.24, 2.45) is 0 Å². The number of hydrogen-bond donors (Lipinski definition) is 0. The number of nitrogens with zero attached hydrogens (tertiary/aromatic N) is 4. The molecule has 4 aromatic rings. The van der Waals surface area contributed by atoms with Crippen molar-refractivity contribution >= 4 is 17.7 Å². The van der Waals surface area contributed by atoms with E-state index in [0.29, 0.717) is 17.5 Å². The summed E-state index contributed by atoms with van der Waals surface area (Å²) in [5.74, 6) is 2.44. The third-order valence-corrected chi connectivity index (χ3v) is 5.63. The summed E-state index contributed by atoms with van der Waals surface area (Å²) in [4.78, 5) is 14.3. The lowest BCUT2D eigenvalue weighted by atomic mass is 10.2. The molecule has 2 aromatic carbocycles. The fraction of sp³-hybridized carbons (Fsp3) is 0.174. The summed E-state index contributed by atoms with van der Waals surface area (Å²) in [6, 6.07) is 21.2. The number of ether oxygens (including phenoxy) is 1. The number of benzene rings is 2. The molecule has 0 spiro atoms. The van der Waals surface area contributed by atoms with E-state index < -0.39 is 0 Å². The van der Waals surface area contributed by atoms with Crippen LogP contribution in [0.25, 0.3) is 17.1 Å². The Morgan fingerprint density at radius 1 is 1.06 bits per heavy atom. The molecule has 7 nitrogen and oxygen atoms in total. The third kappa shape index (κ3) is 4.80. The van der Waals surface area contributed by atoms with Gasteiger partial charge in [0.15, 0.2) is 11.0 Å². The normalized spacial score (nSPS) is 10.8. The van der Waals surface area contributed by atoms with E-state index in [-0.39, 0.29) is 11.7 Å². The number of methoxy groups -OCH3 is 1. The summed E-state index contributed by atoms with van der Waals surface area (Å²) < 4.78 is 12.6. The third-order valence-electron chi connectivity index (χ3n) is 4.72. The summed E-state index contributed by atoms with van der Waals surface area (Å²) in [6.07, 6.45) is 1.60. The van der Waals surface area contributed by atoms with E-state index in [9.17, 15) is 4.79 Å². The van der Waals surface area contributed by atoms with Crippen molar-refractivity contribution in [1.82, 2.24) is 19.7 Å². The minimum atomic E-state index is -0.0213. The SMILES string of the molecule is COc1ccc(-n2c(SCC(=O)N(C)Cc3ccco3)nnc2-c2ccccc2)cc1. The van der Waals surface area contributed by atoms with Crippen molar-refractivity contribution in [2.75, 3.05) is 19.9 Å². The number of amides is 1. The van der Waals surface area contributed by atoms with Gasteiger partial charge in [0.1, 0.15) is 11.5 Å². The van der Waals surface area contributed by atoms with E-state index in [1.165, 1.54) is 11.8 Å². The second kappa shape index (κ2) is 9.53. The van der Waals surface area contributed by atoms with E-state index in [1.54, 1.807) is 25.3 Å². The highest BCUT2D eigenvalue weighted by Crippen LogP contribution is 2.29. The first-order chi connectivity index (χ1) is 15.2. The summed E-state index contributed by atoms with van der Waals surface area (Å²) in [7, 11) is 3.39. The van der Waals surface area contributed by atoms with Crippen LogP contribution in [0.3, 0.4) is 0 Å². The molecule has 4 rings (SSSR count). The van der Waals surface area contributed by atoms with Gasteiger partial charge in [0.2, 0.25) is 5.91 Å². The number of thioether (sulfide) groups is 1. The molecule has 0 bridgehead atoms. The van der Waals surface area contributed by atoms with Crippen LogP contribution in [0.5, 0.6) is 5.75 Å². The predicted molar refractivity (Wildman–Crippen MR) is 119 cm³/mol. The zero-order chi connectivity index (χ0) is 21.6. The van der Waals surface area contributed by atoms with Crippen LogP contribution < -0.4 is 4.74 Å². The molecule has 2 aromatic heterocycles. The van der Waals surface area contributed by atoms with Crippen molar-refractivity contribution in [3.05, 3.63) is 78.8 Å². The van der Waals surface area contributed by atoms with Crippen molar-refractivity contribution in [2.45, 2.75) is 11.7 Å². The highest BCUT2D eigenvalue weighted by atomic mass is 32.2. The van der Waals surface area contributed by atoms with Crippen molar-refractivity contribution in [3.63, 3.8) is 0 Å². The van der Waals surface area contributed by atoms with E-state index in [0.717, 1.165) is 22.8 Å². The molecule has 0 saturated carbocycles. The lowest BCUT2D eigenvalue weighted by Crippen LogP contribution is -2.27. The van der Waals surface area contributed by atoms with Crippen molar-refractivity contribution in [3.8, 4) is 22.8 Å². The van der Waals surface area contributed by atoms with E-state index >= 15 is 0 Å². The van der Waals surface area contributed by atoms with E-state index in [2.05, 4.69) is 10.2 Å². The van der Waals surface area contributed by atoms with Crippen LogP contribution in [-0.2, 0) is 11.3 Å². The minimum absolute atomic E-state index is 0.0213. The van der Waals surface area contributed by atoms with Gasteiger partial charge in [-0.3, -0.25) is 9.36 Å². The zero-order valence-corrected chi connectivity index (χ0v) is 18.1. The Labute approximate surface area is 184 Å². The van der Waals surface area contributed by atoms with Crippen molar-refractivity contribution < 1.29 is 13.9 Å². The number of aromatic nitrogens is 3. The minimum Gasteiger partial charge on any atom is -0.497 e. The lowest BCUT2D eigenvalue weighted by Gasteiger charge is -2.16. The van der Waals surface area contributed by atoms with Crippen LogP contribution >= 0.6 is 11.8 Å². The second-order valence-corrected chi connectivity index (χ2v) is 7.77.